The highest BCUT2D eigenvalue weighted by Gasteiger charge is 2.37. The van der Waals surface area contributed by atoms with Crippen LogP contribution in [0.4, 0.5) is 0 Å². The smallest absolute Gasteiger partial charge is 0.224 e. The van der Waals surface area contributed by atoms with E-state index in [2.05, 4.69) is 6.92 Å². The first-order valence-electron chi connectivity index (χ1n) is 6.76. The lowest BCUT2D eigenvalue weighted by atomic mass is 9.95. The summed E-state index contributed by atoms with van der Waals surface area (Å²) >= 11 is 6.87. The summed E-state index contributed by atoms with van der Waals surface area (Å²) in [5, 5.41) is 0. The number of amides is 1. The van der Waals surface area contributed by atoms with E-state index >= 15 is 0 Å². The summed E-state index contributed by atoms with van der Waals surface area (Å²) in [6.07, 6.45) is 5.20. The number of nitrogens with zero attached hydrogens (tertiary/aromatic N) is 1. The lowest BCUT2D eigenvalue weighted by Crippen LogP contribution is -2.50. The van der Waals surface area contributed by atoms with E-state index in [0.717, 1.165) is 39.0 Å². The van der Waals surface area contributed by atoms with Crippen LogP contribution < -0.4 is 5.73 Å². The van der Waals surface area contributed by atoms with Crippen molar-refractivity contribution in [3.05, 3.63) is 0 Å². The number of thioether (sulfide) groups is 1. The number of carbonyl (C=O) groups is 1. The number of thiocarbonyl (C=S) groups is 1. The largest absolute Gasteiger partial charge is 0.392 e. The molecule has 0 saturated carbocycles. The van der Waals surface area contributed by atoms with Gasteiger partial charge in [0.05, 0.1) is 22.8 Å². The topological polar surface area (TPSA) is 55.6 Å². The Kier molecular flexibility index (Phi) is 7.10. The van der Waals surface area contributed by atoms with Crippen molar-refractivity contribution in [2.45, 2.75) is 37.4 Å². The summed E-state index contributed by atoms with van der Waals surface area (Å²) in [5.74, 6) is 0.175. The van der Waals surface area contributed by atoms with Crippen molar-refractivity contribution in [2.24, 2.45) is 5.73 Å². The van der Waals surface area contributed by atoms with Crippen LogP contribution in [0.3, 0.4) is 0 Å². The normalized spacial score (nSPS) is 18.3. The Labute approximate surface area is 125 Å². The highest BCUT2D eigenvalue weighted by atomic mass is 32.2. The molecule has 0 radical (unpaired) electrons. The average Bonchev–Trinajstić information content (AvgIpc) is 2.43. The molecule has 1 aliphatic rings. The number of nitrogens with two attached hydrogens (primary N) is 1. The predicted molar refractivity (Wildman–Crippen MR) is 84.6 cm³/mol. The molecule has 1 fully saturated rings. The van der Waals surface area contributed by atoms with Crippen molar-refractivity contribution in [1.29, 1.82) is 0 Å². The molecular weight excluding hydrogens is 280 g/mol. The Balaban J connectivity index is 2.36. The van der Waals surface area contributed by atoms with E-state index in [-0.39, 0.29) is 10.7 Å². The molecule has 0 unspecified atom stereocenters. The van der Waals surface area contributed by atoms with Crippen molar-refractivity contribution in [3.63, 3.8) is 0 Å². The quantitative estimate of drug-likeness (QED) is 0.574. The number of ether oxygens (including phenoxy) is 1. The van der Waals surface area contributed by atoms with E-state index < -0.39 is 0 Å². The van der Waals surface area contributed by atoms with Crippen LogP contribution in [0, 0.1) is 0 Å². The van der Waals surface area contributed by atoms with Gasteiger partial charge < -0.3 is 15.4 Å². The minimum Gasteiger partial charge on any atom is -0.392 e. The molecule has 19 heavy (non-hydrogen) atoms. The maximum Gasteiger partial charge on any atom is 0.224 e. The first-order valence-corrected chi connectivity index (χ1v) is 8.39. The summed E-state index contributed by atoms with van der Waals surface area (Å²) in [6, 6.07) is 0. The molecule has 1 rings (SSSR count). The first kappa shape index (κ1) is 16.7. The predicted octanol–water partition coefficient (Wildman–Crippen LogP) is 1.81. The lowest BCUT2D eigenvalue weighted by molar-refractivity contribution is -0.133. The molecule has 0 aromatic rings. The van der Waals surface area contributed by atoms with Crippen LogP contribution in [0.2, 0.25) is 0 Å². The van der Waals surface area contributed by atoms with Gasteiger partial charge in [-0.3, -0.25) is 4.79 Å². The van der Waals surface area contributed by atoms with Crippen LogP contribution in [-0.2, 0) is 9.53 Å². The van der Waals surface area contributed by atoms with Gasteiger partial charge in [-0.2, -0.15) is 11.8 Å². The van der Waals surface area contributed by atoms with Gasteiger partial charge in [0.25, 0.3) is 0 Å². The zero-order valence-corrected chi connectivity index (χ0v) is 13.4. The van der Waals surface area contributed by atoms with Gasteiger partial charge in [-0.15, -0.1) is 0 Å². The maximum atomic E-state index is 12.0. The third kappa shape index (κ3) is 4.61. The van der Waals surface area contributed by atoms with E-state index in [1.807, 2.05) is 11.2 Å². The first-order chi connectivity index (χ1) is 9.05. The second kappa shape index (κ2) is 8.07. The Hall–Kier alpha value is -0.330. The summed E-state index contributed by atoms with van der Waals surface area (Å²) in [6.45, 7) is 4.79. The third-order valence-corrected chi connectivity index (χ3v) is 5.50. The highest BCUT2D eigenvalue weighted by Crippen LogP contribution is 2.35. The SMILES string of the molecule is CCCOCCC(=O)N1CCC(SC)(C(N)=S)CC1. The zero-order chi connectivity index (χ0) is 14.3. The van der Waals surface area contributed by atoms with Gasteiger partial charge >= 0.3 is 0 Å². The van der Waals surface area contributed by atoms with Crippen LogP contribution in [0.5, 0.6) is 0 Å². The van der Waals surface area contributed by atoms with Gasteiger partial charge in [0.1, 0.15) is 0 Å². The zero-order valence-electron chi connectivity index (χ0n) is 11.8. The molecule has 0 bridgehead atoms. The summed E-state index contributed by atoms with van der Waals surface area (Å²) in [4.78, 5) is 14.5. The molecule has 0 aromatic heterocycles. The Morgan fingerprint density at radius 2 is 2.05 bits per heavy atom. The molecule has 0 spiro atoms. The fourth-order valence-corrected chi connectivity index (χ4v) is 3.48. The molecule has 1 amide bonds. The van der Waals surface area contributed by atoms with Gasteiger partial charge in [-0.25, -0.2) is 0 Å². The second-order valence-corrected chi connectivity index (χ2v) is 6.44. The highest BCUT2D eigenvalue weighted by molar-refractivity contribution is 8.02. The number of hydrogen-bond acceptors (Lipinski definition) is 4. The van der Waals surface area contributed by atoms with Gasteiger partial charge in [0, 0.05) is 19.7 Å². The van der Waals surface area contributed by atoms with Gasteiger partial charge in [0.2, 0.25) is 5.91 Å². The number of piperidine rings is 1. The standard InChI is InChI=1S/C13H24N2O2S2/c1-3-9-17-10-4-11(16)15-7-5-13(19-2,6-8-15)12(14)18/h3-10H2,1-2H3,(H2,14,18). The van der Waals surface area contributed by atoms with Crippen LogP contribution >= 0.6 is 24.0 Å². The fraction of sp³-hybridized carbons (Fsp3) is 0.846. The summed E-state index contributed by atoms with van der Waals surface area (Å²) in [7, 11) is 0. The molecule has 1 heterocycles. The molecule has 0 aliphatic carbocycles. The van der Waals surface area contributed by atoms with Crippen molar-refractivity contribution in [2.75, 3.05) is 32.6 Å². The van der Waals surface area contributed by atoms with E-state index in [0.29, 0.717) is 18.0 Å². The van der Waals surface area contributed by atoms with E-state index in [9.17, 15) is 4.79 Å². The molecule has 1 saturated heterocycles. The maximum absolute atomic E-state index is 12.0. The summed E-state index contributed by atoms with van der Waals surface area (Å²) in [5.41, 5.74) is 5.83. The molecular formula is C13H24N2O2S2. The monoisotopic (exact) mass is 304 g/mol. The number of carbonyl (C=O) groups excluding carboxylic acids is 1. The Morgan fingerprint density at radius 1 is 1.42 bits per heavy atom. The van der Waals surface area contributed by atoms with Gasteiger partial charge in [-0.05, 0) is 25.5 Å². The van der Waals surface area contributed by atoms with E-state index in [1.165, 1.54) is 0 Å². The molecule has 6 heteroatoms. The van der Waals surface area contributed by atoms with Crippen molar-refractivity contribution >= 4 is 34.9 Å². The average molecular weight is 304 g/mol. The molecule has 4 nitrogen and oxygen atoms in total. The van der Waals surface area contributed by atoms with Crippen LogP contribution in [0.25, 0.3) is 0 Å². The van der Waals surface area contributed by atoms with Crippen molar-refractivity contribution in [3.8, 4) is 0 Å². The lowest BCUT2D eigenvalue weighted by Gasteiger charge is -2.40. The number of rotatable bonds is 7. The van der Waals surface area contributed by atoms with E-state index in [4.69, 9.17) is 22.7 Å². The third-order valence-electron chi connectivity index (χ3n) is 3.57. The van der Waals surface area contributed by atoms with Gasteiger partial charge in [0.15, 0.2) is 0 Å². The number of hydrogen-bond donors (Lipinski definition) is 1. The Morgan fingerprint density at radius 3 is 2.53 bits per heavy atom. The molecule has 0 aromatic carbocycles. The minimum atomic E-state index is -0.120. The molecule has 2 N–H and O–H groups in total. The fourth-order valence-electron chi connectivity index (χ4n) is 2.23. The summed E-state index contributed by atoms with van der Waals surface area (Å²) < 4.78 is 5.23. The molecule has 1 aliphatic heterocycles. The van der Waals surface area contributed by atoms with Crippen LogP contribution in [-0.4, -0.2) is 53.1 Å². The minimum absolute atomic E-state index is 0.120. The Bertz CT molecular complexity index is 316. The number of likely N-dealkylation sites (tertiary alicyclic amines) is 1. The van der Waals surface area contributed by atoms with Crippen molar-refractivity contribution in [1.82, 2.24) is 4.90 Å². The second-order valence-electron chi connectivity index (χ2n) is 4.81. The molecule has 110 valence electrons. The van der Waals surface area contributed by atoms with Crippen LogP contribution in [0.1, 0.15) is 32.6 Å². The van der Waals surface area contributed by atoms with E-state index in [1.54, 1.807) is 11.8 Å². The van der Waals surface area contributed by atoms with Gasteiger partial charge in [-0.1, -0.05) is 19.1 Å². The van der Waals surface area contributed by atoms with Crippen molar-refractivity contribution < 1.29 is 9.53 Å². The van der Waals surface area contributed by atoms with Crippen LogP contribution in [0.15, 0.2) is 0 Å². The molecule has 0 atom stereocenters.